The van der Waals surface area contributed by atoms with Crippen LogP contribution < -0.4 is 5.32 Å². The second-order valence-electron chi connectivity index (χ2n) is 5.31. The van der Waals surface area contributed by atoms with Crippen LogP contribution in [-0.4, -0.2) is 41.6 Å². The maximum atomic E-state index is 11.7. The molecule has 0 bridgehead atoms. The van der Waals surface area contributed by atoms with Crippen molar-refractivity contribution in [3.8, 4) is 0 Å². The van der Waals surface area contributed by atoms with E-state index in [0.29, 0.717) is 0 Å². The smallest absolute Gasteiger partial charge is 0.317 e. The molecule has 16 heavy (non-hydrogen) atoms. The predicted molar refractivity (Wildman–Crippen MR) is 60.1 cm³/mol. The fourth-order valence-corrected chi connectivity index (χ4v) is 1.54. The molecule has 0 aromatic rings. The van der Waals surface area contributed by atoms with Crippen molar-refractivity contribution in [3.05, 3.63) is 0 Å². The van der Waals surface area contributed by atoms with Gasteiger partial charge >= 0.3 is 12.0 Å². The molecule has 0 saturated heterocycles. The van der Waals surface area contributed by atoms with Crippen molar-refractivity contribution in [2.75, 3.05) is 13.6 Å². The van der Waals surface area contributed by atoms with Crippen LogP contribution in [0.3, 0.4) is 0 Å². The van der Waals surface area contributed by atoms with Crippen molar-refractivity contribution in [1.82, 2.24) is 10.2 Å². The summed E-state index contributed by atoms with van der Waals surface area (Å²) in [6.07, 6.45) is 0.987. The summed E-state index contributed by atoms with van der Waals surface area (Å²) < 4.78 is 0. The minimum absolute atomic E-state index is 0.189. The Morgan fingerprint density at radius 3 is 2.44 bits per heavy atom. The van der Waals surface area contributed by atoms with Gasteiger partial charge in [-0.3, -0.25) is 4.79 Å². The van der Waals surface area contributed by atoms with E-state index in [4.69, 9.17) is 5.11 Å². The topological polar surface area (TPSA) is 69.6 Å². The molecule has 0 aromatic carbocycles. The second-order valence-corrected chi connectivity index (χ2v) is 5.31. The van der Waals surface area contributed by atoms with Crippen molar-refractivity contribution in [3.63, 3.8) is 0 Å². The third-order valence-electron chi connectivity index (χ3n) is 3.13. The zero-order valence-electron chi connectivity index (χ0n) is 10.3. The maximum absolute atomic E-state index is 11.7. The summed E-state index contributed by atoms with van der Waals surface area (Å²) in [5, 5.41) is 11.6. The number of carboxylic acid groups (broad SMARTS) is 1. The molecule has 5 nitrogen and oxygen atoms in total. The molecule has 2 N–H and O–H groups in total. The van der Waals surface area contributed by atoms with Crippen LogP contribution in [0.4, 0.5) is 4.79 Å². The Hall–Kier alpha value is -1.26. The van der Waals surface area contributed by atoms with Crippen LogP contribution in [0, 0.1) is 11.3 Å². The number of amides is 2. The molecule has 2 unspecified atom stereocenters. The molecule has 2 amide bonds. The van der Waals surface area contributed by atoms with Crippen LogP contribution in [-0.2, 0) is 4.79 Å². The highest BCUT2D eigenvalue weighted by Crippen LogP contribution is 2.44. The summed E-state index contributed by atoms with van der Waals surface area (Å²) in [5.74, 6) is -1.42. The summed E-state index contributed by atoms with van der Waals surface area (Å²) in [6.45, 7) is 6.01. The zero-order valence-corrected chi connectivity index (χ0v) is 10.3. The first-order valence-electron chi connectivity index (χ1n) is 5.48. The molecule has 1 aliphatic carbocycles. The summed E-state index contributed by atoms with van der Waals surface area (Å²) >= 11 is 0. The average Bonchev–Trinajstić information content (AvgIpc) is 2.72. The van der Waals surface area contributed by atoms with Crippen molar-refractivity contribution in [2.24, 2.45) is 11.3 Å². The summed E-state index contributed by atoms with van der Waals surface area (Å²) in [6, 6.07) is 0.0336. The van der Waals surface area contributed by atoms with Crippen LogP contribution in [0.15, 0.2) is 0 Å². The van der Waals surface area contributed by atoms with E-state index in [2.05, 4.69) is 19.2 Å². The Morgan fingerprint density at radius 1 is 1.56 bits per heavy atom. The van der Waals surface area contributed by atoms with Crippen molar-refractivity contribution < 1.29 is 14.7 Å². The Morgan fingerprint density at radius 2 is 2.06 bits per heavy atom. The molecule has 1 rings (SSSR count). The summed E-state index contributed by atoms with van der Waals surface area (Å²) in [5.41, 5.74) is 0.189. The number of hydrogen-bond donors (Lipinski definition) is 2. The van der Waals surface area contributed by atoms with Gasteiger partial charge in [-0.1, -0.05) is 20.8 Å². The molecule has 1 fully saturated rings. The number of rotatable bonds is 4. The van der Waals surface area contributed by atoms with Crippen LogP contribution >= 0.6 is 0 Å². The number of urea groups is 1. The molecule has 0 radical (unpaired) electrons. The average molecular weight is 228 g/mol. The monoisotopic (exact) mass is 228 g/mol. The van der Waals surface area contributed by atoms with E-state index in [1.807, 2.05) is 0 Å². The fourth-order valence-electron chi connectivity index (χ4n) is 1.54. The number of carbonyl (C=O) groups excluding carboxylic acids is 1. The lowest BCUT2D eigenvalue weighted by atomic mass is 10.2. The number of carboxylic acids is 1. The van der Waals surface area contributed by atoms with Crippen molar-refractivity contribution in [1.29, 1.82) is 0 Å². The molecule has 0 spiro atoms. The van der Waals surface area contributed by atoms with E-state index in [-0.39, 0.29) is 24.0 Å². The highest BCUT2D eigenvalue weighted by Gasteiger charge is 2.46. The van der Waals surface area contributed by atoms with Gasteiger partial charge in [0, 0.05) is 19.6 Å². The minimum Gasteiger partial charge on any atom is -0.481 e. The lowest BCUT2D eigenvalue weighted by molar-refractivity contribution is -0.141. The Bertz CT molecular complexity index is 302. The first-order chi connectivity index (χ1) is 7.24. The Balaban J connectivity index is 2.34. The molecule has 0 aliphatic heterocycles. The number of hydrogen-bond acceptors (Lipinski definition) is 2. The number of nitrogens with one attached hydrogen (secondary N) is 1. The van der Waals surface area contributed by atoms with Gasteiger partial charge in [-0.25, -0.2) is 4.79 Å². The van der Waals surface area contributed by atoms with Gasteiger partial charge in [0.05, 0.1) is 5.92 Å². The third-order valence-corrected chi connectivity index (χ3v) is 3.13. The molecule has 0 aromatic heterocycles. The predicted octanol–water partition coefficient (Wildman–Crippen LogP) is 1.15. The summed E-state index contributed by atoms with van der Waals surface area (Å²) in [7, 11) is 1.62. The first-order valence-corrected chi connectivity index (χ1v) is 5.48. The van der Waals surface area contributed by atoms with Gasteiger partial charge in [-0.15, -0.1) is 0 Å². The van der Waals surface area contributed by atoms with E-state index in [0.717, 1.165) is 6.42 Å². The first kappa shape index (κ1) is 12.8. The van der Waals surface area contributed by atoms with Gasteiger partial charge in [0.15, 0.2) is 0 Å². The highest BCUT2D eigenvalue weighted by atomic mass is 16.4. The number of carbonyl (C=O) groups is 2. The molecule has 0 heterocycles. The molecule has 2 atom stereocenters. The molecule has 1 saturated carbocycles. The van der Waals surface area contributed by atoms with E-state index in [9.17, 15) is 9.59 Å². The van der Waals surface area contributed by atoms with Crippen LogP contribution in [0.5, 0.6) is 0 Å². The Kier molecular flexibility index (Phi) is 3.45. The highest BCUT2D eigenvalue weighted by molar-refractivity contribution is 5.76. The van der Waals surface area contributed by atoms with Crippen molar-refractivity contribution >= 4 is 12.0 Å². The van der Waals surface area contributed by atoms with Gasteiger partial charge in [-0.05, 0) is 11.8 Å². The van der Waals surface area contributed by atoms with Crippen molar-refractivity contribution in [2.45, 2.75) is 33.2 Å². The van der Waals surface area contributed by atoms with Gasteiger partial charge in [0.1, 0.15) is 0 Å². The lowest BCUT2D eigenvalue weighted by Crippen LogP contribution is -2.42. The second kappa shape index (κ2) is 4.31. The van der Waals surface area contributed by atoms with Gasteiger partial charge < -0.3 is 15.3 Å². The normalized spacial score (nSPS) is 23.4. The standard InChI is InChI=1S/C11H20N2O3/c1-7(9(14)15)6-13(4)10(16)12-8-5-11(8,2)3/h7-8H,5-6H2,1-4H3,(H,12,16)(H,14,15). The quantitative estimate of drug-likeness (QED) is 0.758. The molecular weight excluding hydrogens is 208 g/mol. The van der Waals surface area contributed by atoms with E-state index in [1.54, 1.807) is 14.0 Å². The SMILES string of the molecule is CC(CN(C)C(=O)NC1CC1(C)C)C(=O)O. The number of aliphatic carboxylic acids is 1. The maximum Gasteiger partial charge on any atom is 0.317 e. The van der Waals surface area contributed by atoms with Crippen LogP contribution in [0.2, 0.25) is 0 Å². The molecule has 92 valence electrons. The third kappa shape index (κ3) is 3.12. The number of nitrogens with zero attached hydrogens (tertiary/aromatic N) is 1. The van der Waals surface area contributed by atoms with E-state index in [1.165, 1.54) is 4.90 Å². The van der Waals surface area contributed by atoms with Crippen LogP contribution in [0.25, 0.3) is 0 Å². The lowest BCUT2D eigenvalue weighted by Gasteiger charge is -2.20. The van der Waals surface area contributed by atoms with E-state index >= 15 is 0 Å². The zero-order chi connectivity index (χ0) is 12.5. The molecule has 1 aliphatic rings. The van der Waals surface area contributed by atoms with Gasteiger partial charge in [-0.2, -0.15) is 0 Å². The minimum atomic E-state index is -0.883. The largest absolute Gasteiger partial charge is 0.481 e. The van der Waals surface area contributed by atoms with E-state index < -0.39 is 11.9 Å². The van der Waals surface area contributed by atoms with Gasteiger partial charge in [0.25, 0.3) is 0 Å². The van der Waals surface area contributed by atoms with Crippen LogP contribution in [0.1, 0.15) is 27.2 Å². The Labute approximate surface area is 95.8 Å². The fraction of sp³-hybridized carbons (Fsp3) is 0.818. The summed E-state index contributed by atoms with van der Waals surface area (Å²) in [4.78, 5) is 23.7. The molecule has 5 heteroatoms. The van der Waals surface area contributed by atoms with Gasteiger partial charge in [0.2, 0.25) is 0 Å². The molecular formula is C11H20N2O3.